The molecule has 0 aliphatic carbocycles. The van der Waals surface area contributed by atoms with Crippen molar-refractivity contribution in [2.24, 2.45) is 5.92 Å². The van der Waals surface area contributed by atoms with E-state index in [0.717, 1.165) is 18.4 Å². The zero-order valence-electron chi connectivity index (χ0n) is 11.9. The van der Waals surface area contributed by atoms with Crippen LogP contribution in [0.25, 0.3) is 0 Å². The normalized spacial score (nSPS) is 11.8. The van der Waals surface area contributed by atoms with Gasteiger partial charge in [0.25, 0.3) is 0 Å². The van der Waals surface area contributed by atoms with E-state index in [0.29, 0.717) is 11.3 Å². The molecule has 1 N–H and O–H groups in total. The lowest BCUT2D eigenvalue weighted by molar-refractivity contribution is -0.119. The van der Waals surface area contributed by atoms with Crippen molar-refractivity contribution in [3.05, 3.63) is 29.3 Å². The van der Waals surface area contributed by atoms with Crippen molar-refractivity contribution in [3.63, 3.8) is 0 Å². The van der Waals surface area contributed by atoms with Crippen LogP contribution in [0.4, 0.5) is 5.69 Å². The summed E-state index contributed by atoms with van der Waals surface area (Å²) < 4.78 is 4.67. The summed E-state index contributed by atoms with van der Waals surface area (Å²) >= 11 is 0. The smallest absolute Gasteiger partial charge is 0.337 e. The summed E-state index contributed by atoms with van der Waals surface area (Å²) in [6.07, 6.45) is 1.82. The Bertz CT molecular complexity index is 468. The summed E-state index contributed by atoms with van der Waals surface area (Å²) in [5.41, 5.74) is 2.02. The van der Waals surface area contributed by atoms with Gasteiger partial charge in [-0.05, 0) is 31.0 Å². The molecule has 19 heavy (non-hydrogen) atoms. The predicted octanol–water partition coefficient (Wildman–Crippen LogP) is 3.16. The quantitative estimate of drug-likeness (QED) is 0.830. The highest BCUT2D eigenvalue weighted by Crippen LogP contribution is 2.19. The number of methoxy groups -OCH3 is 1. The van der Waals surface area contributed by atoms with Gasteiger partial charge in [0.2, 0.25) is 5.91 Å². The third-order valence-electron chi connectivity index (χ3n) is 3.09. The van der Waals surface area contributed by atoms with Crippen LogP contribution in [0.15, 0.2) is 18.2 Å². The van der Waals surface area contributed by atoms with Gasteiger partial charge in [0.15, 0.2) is 0 Å². The van der Waals surface area contributed by atoms with Crippen molar-refractivity contribution >= 4 is 17.6 Å². The largest absolute Gasteiger partial charge is 0.465 e. The molecule has 0 radical (unpaired) electrons. The van der Waals surface area contributed by atoms with Gasteiger partial charge in [0, 0.05) is 11.6 Å². The minimum absolute atomic E-state index is 0.0213. The maximum absolute atomic E-state index is 12.0. The van der Waals surface area contributed by atoms with E-state index in [-0.39, 0.29) is 11.8 Å². The van der Waals surface area contributed by atoms with Gasteiger partial charge in [-0.2, -0.15) is 0 Å². The van der Waals surface area contributed by atoms with Crippen LogP contribution in [0.5, 0.6) is 0 Å². The molecule has 0 heterocycles. The van der Waals surface area contributed by atoms with Gasteiger partial charge in [-0.15, -0.1) is 0 Å². The average Bonchev–Trinajstić information content (AvgIpc) is 2.40. The molecule has 104 valence electrons. The Labute approximate surface area is 114 Å². The van der Waals surface area contributed by atoms with E-state index in [2.05, 4.69) is 10.1 Å². The Hall–Kier alpha value is -1.84. The van der Waals surface area contributed by atoms with Crippen molar-refractivity contribution in [3.8, 4) is 0 Å². The van der Waals surface area contributed by atoms with Crippen LogP contribution >= 0.6 is 0 Å². The van der Waals surface area contributed by atoms with Crippen LogP contribution in [0.3, 0.4) is 0 Å². The summed E-state index contributed by atoms with van der Waals surface area (Å²) in [5.74, 6) is -0.463. The zero-order chi connectivity index (χ0) is 14.4. The maximum Gasteiger partial charge on any atom is 0.337 e. The van der Waals surface area contributed by atoms with Gasteiger partial charge in [-0.25, -0.2) is 4.79 Å². The molecular weight excluding hydrogens is 242 g/mol. The van der Waals surface area contributed by atoms with Crippen LogP contribution in [-0.4, -0.2) is 19.0 Å². The Morgan fingerprint density at radius 1 is 1.37 bits per heavy atom. The van der Waals surface area contributed by atoms with E-state index in [1.54, 1.807) is 18.2 Å². The number of amides is 1. The fourth-order valence-corrected chi connectivity index (χ4v) is 1.82. The molecule has 4 heteroatoms. The number of benzene rings is 1. The van der Waals surface area contributed by atoms with Crippen LogP contribution in [0.2, 0.25) is 0 Å². The Morgan fingerprint density at radius 3 is 2.63 bits per heavy atom. The second kappa shape index (κ2) is 6.92. The molecule has 1 aromatic rings. The first-order chi connectivity index (χ1) is 8.99. The third-order valence-corrected chi connectivity index (χ3v) is 3.09. The van der Waals surface area contributed by atoms with Gasteiger partial charge >= 0.3 is 5.97 Å². The van der Waals surface area contributed by atoms with Crippen LogP contribution in [0, 0.1) is 12.8 Å². The molecule has 0 fully saturated rings. The molecule has 0 saturated carbocycles. The van der Waals surface area contributed by atoms with Gasteiger partial charge in [0.1, 0.15) is 0 Å². The standard InChI is InChI=1S/C15H21NO3/c1-5-6-11(3)14(17)16-13-9-12(15(18)19-4)8-7-10(13)2/h7-9,11H,5-6H2,1-4H3,(H,16,17)/t11-/m0/s1. The molecule has 0 aromatic heterocycles. The summed E-state index contributed by atoms with van der Waals surface area (Å²) in [4.78, 5) is 23.4. The van der Waals surface area contributed by atoms with Crippen molar-refractivity contribution in [2.45, 2.75) is 33.6 Å². The predicted molar refractivity (Wildman–Crippen MR) is 75.2 cm³/mol. The molecule has 0 aliphatic heterocycles. The van der Waals surface area contributed by atoms with E-state index >= 15 is 0 Å². The zero-order valence-corrected chi connectivity index (χ0v) is 11.9. The minimum Gasteiger partial charge on any atom is -0.465 e. The number of esters is 1. The van der Waals surface area contributed by atoms with Crippen molar-refractivity contribution in [1.29, 1.82) is 0 Å². The van der Waals surface area contributed by atoms with Gasteiger partial charge < -0.3 is 10.1 Å². The molecule has 1 rings (SSSR count). The number of carbonyl (C=O) groups is 2. The SMILES string of the molecule is CCC[C@H](C)C(=O)Nc1cc(C(=O)OC)ccc1C. The number of nitrogens with one attached hydrogen (secondary N) is 1. The van der Waals surface area contributed by atoms with E-state index < -0.39 is 5.97 Å². The molecule has 0 aliphatic rings. The van der Waals surface area contributed by atoms with Crippen molar-refractivity contribution in [2.75, 3.05) is 12.4 Å². The number of aryl methyl sites for hydroxylation is 1. The van der Waals surface area contributed by atoms with Gasteiger partial charge in [-0.3, -0.25) is 4.79 Å². The summed E-state index contributed by atoms with van der Waals surface area (Å²) in [6.45, 7) is 5.84. The van der Waals surface area contributed by atoms with Gasteiger partial charge in [-0.1, -0.05) is 26.3 Å². The lowest BCUT2D eigenvalue weighted by atomic mass is 10.0. The monoisotopic (exact) mass is 263 g/mol. The number of carbonyl (C=O) groups excluding carboxylic acids is 2. The number of hydrogen-bond donors (Lipinski definition) is 1. The second-order valence-electron chi connectivity index (χ2n) is 4.70. The highest BCUT2D eigenvalue weighted by molar-refractivity contribution is 5.96. The molecular formula is C15H21NO3. The number of ether oxygens (including phenoxy) is 1. The van der Waals surface area contributed by atoms with E-state index in [1.807, 2.05) is 20.8 Å². The molecule has 0 spiro atoms. The first-order valence-corrected chi connectivity index (χ1v) is 6.49. The van der Waals surface area contributed by atoms with Crippen LogP contribution < -0.4 is 5.32 Å². The average molecular weight is 263 g/mol. The molecule has 1 aromatic carbocycles. The Morgan fingerprint density at radius 2 is 2.05 bits per heavy atom. The van der Waals surface area contributed by atoms with E-state index in [1.165, 1.54) is 7.11 Å². The highest BCUT2D eigenvalue weighted by atomic mass is 16.5. The Kier molecular flexibility index (Phi) is 5.55. The van der Waals surface area contributed by atoms with E-state index in [4.69, 9.17) is 0 Å². The molecule has 1 amide bonds. The maximum atomic E-state index is 12.0. The van der Waals surface area contributed by atoms with Crippen molar-refractivity contribution in [1.82, 2.24) is 0 Å². The molecule has 0 saturated heterocycles. The topological polar surface area (TPSA) is 55.4 Å². The first kappa shape index (κ1) is 15.2. The second-order valence-corrected chi connectivity index (χ2v) is 4.70. The van der Waals surface area contributed by atoms with Crippen LogP contribution in [0.1, 0.15) is 42.6 Å². The fourth-order valence-electron chi connectivity index (χ4n) is 1.82. The molecule has 1 atom stereocenters. The molecule has 4 nitrogen and oxygen atoms in total. The highest BCUT2D eigenvalue weighted by Gasteiger charge is 2.14. The minimum atomic E-state index is -0.405. The number of anilines is 1. The lowest BCUT2D eigenvalue weighted by Gasteiger charge is -2.13. The molecule has 0 unspecified atom stereocenters. The van der Waals surface area contributed by atoms with Crippen LogP contribution in [-0.2, 0) is 9.53 Å². The number of rotatable bonds is 5. The van der Waals surface area contributed by atoms with Crippen molar-refractivity contribution < 1.29 is 14.3 Å². The summed E-state index contributed by atoms with van der Waals surface area (Å²) in [7, 11) is 1.34. The van der Waals surface area contributed by atoms with Gasteiger partial charge in [0.05, 0.1) is 12.7 Å². The van der Waals surface area contributed by atoms with E-state index in [9.17, 15) is 9.59 Å². The first-order valence-electron chi connectivity index (χ1n) is 6.49. The third kappa shape index (κ3) is 4.09. The summed E-state index contributed by atoms with van der Waals surface area (Å²) in [6, 6.07) is 5.14. The fraction of sp³-hybridized carbons (Fsp3) is 0.467. The number of hydrogen-bond acceptors (Lipinski definition) is 3. The molecule has 0 bridgehead atoms. The summed E-state index contributed by atoms with van der Waals surface area (Å²) in [5, 5.41) is 2.87. The Balaban J connectivity index is 2.88. The lowest BCUT2D eigenvalue weighted by Crippen LogP contribution is -2.21.